The first-order chi connectivity index (χ1) is 8.45. The van der Waals surface area contributed by atoms with Crippen LogP contribution in [-0.2, 0) is 19.8 Å². The summed E-state index contributed by atoms with van der Waals surface area (Å²) in [6, 6.07) is 5.40. The minimum Gasteiger partial charge on any atom is -0.465 e. The zero-order valence-corrected chi connectivity index (χ0v) is 10.5. The van der Waals surface area contributed by atoms with Gasteiger partial charge in [-0.25, -0.2) is 0 Å². The summed E-state index contributed by atoms with van der Waals surface area (Å²) in [5.74, 6) is 4.37. The number of hydrogen-bond acceptors (Lipinski definition) is 4. The van der Waals surface area contributed by atoms with E-state index in [0.717, 1.165) is 6.07 Å². The number of carbonyl (C=O) groups excluding carboxylic acids is 1. The fourth-order valence-corrected chi connectivity index (χ4v) is 1.83. The third kappa shape index (κ3) is 4.18. The number of benzene rings is 1. The van der Waals surface area contributed by atoms with Crippen LogP contribution in [0.25, 0.3) is 0 Å². The highest BCUT2D eigenvalue weighted by molar-refractivity contribution is 7.86. The van der Waals surface area contributed by atoms with E-state index in [9.17, 15) is 17.1 Å². The Labute approximate surface area is 105 Å². The molecule has 0 aliphatic rings. The zero-order valence-electron chi connectivity index (χ0n) is 9.64. The van der Waals surface area contributed by atoms with E-state index in [1.54, 1.807) is 6.92 Å². The fourth-order valence-electron chi connectivity index (χ4n) is 1.21. The molecule has 1 aromatic carbocycles. The maximum absolute atomic E-state index is 12.9. The SMILES string of the molecule is CCOC(=O)CC#Cc1ccccc1S(=O)(=O)F. The number of halogens is 1. The molecule has 0 bridgehead atoms. The topological polar surface area (TPSA) is 60.4 Å². The molecule has 0 amide bonds. The lowest BCUT2D eigenvalue weighted by Crippen LogP contribution is -2.01. The third-order valence-corrected chi connectivity index (χ3v) is 2.79. The van der Waals surface area contributed by atoms with Crippen molar-refractivity contribution in [3.8, 4) is 11.8 Å². The standard InChI is InChI=1S/C12H11FO4S/c1-2-17-12(14)9-5-7-10-6-3-4-8-11(10)18(13,15)16/h3-4,6,8H,2,9H2,1H3. The van der Waals surface area contributed by atoms with Gasteiger partial charge in [-0.1, -0.05) is 24.0 Å². The van der Waals surface area contributed by atoms with Crippen LogP contribution in [0.3, 0.4) is 0 Å². The summed E-state index contributed by atoms with van der Waals surface area (Å²) in [5.41, 5.74) is 0.0179. The van der Waals surface area contributed by atoms with E-state index in [4.69, 9.17) is 0 Å². The molecular weight excluding hydrogens is 259 g/mol. The summed E-state index contributed by atoms with van der Waals surface area (Å²) in [7, 11) is -4.81. The number of hydrogen-bond donors (Lipinski definition) is 0. The maximum atomic E-state index is 12.9. The third-order valence-electron chi connectivity index (χ3n) is 1.91. The fraction of sp³-hybridized carbons (Fsp3) is 0.250. The maximum Gasteiger partial charge on any atom is 0.333 e. The Kier molecular flexibility index (Phi) is 4.86. The van der Waals surface area contributed by atoms with E-state index < -0.39 is 21.1 Å². The molecule has 4 nitrogen and oxygen atoms in total. The van der Waals surface area contributed by atoms with Gasteiger partial charge in [-0.3, -0.25) is 4.79 Å². The molecule has 0 aliphatic carbocycles. The van der Waals surface area contributed by atoms with Crippen LogP contribution in [-0.4, -0.2) is 21.0 Å². The normalized spacial score (nSPS) is 10.3. The number of carbonyl (C=O) groups is 1. The molecule has 0 heterocycles. The molecule has 0 radical (unpaired) electrons. The van der Waals surface area contributed by atoms with Crippen molar-refractivity contribution in [3.63, 3.8) is 0 Å². The highest BCUT2D eigenvalue weighted by Gasteiger charge is 2.15. The molecule has 0 fully saturated rings. The van der Waals surface area contributed by atoms with Gasteiger partial charge in [0.25, 0.3) is 0 Å². The van der Waals surface area contributed by atoms with Crippen LogP contribution in [0.2, 0.25) is 0 Å². The lowest BCUT2D eigenvalue weighted by molar-refractivity contribution is -0.141. The van der Waals surface area contributed by atoms with Gasteiger partial charge in [0.2, 0.25) is 0 Å². The molecule has 0 saturated carbocycles. The molecule has 0 saturated heterocycles. The van der Waals surface area contributed by atoms with E-state index >= 15 is 0 Å². The predicted molar refractivity (Wildman–Crippen MR) is 62.9 cm³/mol. The first-order valence-electron chi connectivity index (χ1n) is 5.13. The largest absolute Gasteiger partial charge is 0.465 e. The molecule has 0 aliphatic heterocycles. The van der Waals surface area contributed by atoms with Crippen molar-refractivity contribution in [2.24, 2.45) is 0 Å². The highest BCUT2D eigenvalue weighted by atomic mass is 32.3. The van der Waals surface area contributed by atoms with Crippen LogP contribution >= 0.6 is 0 Å². The smallest absolute Gasteiger partial charge is 0.333 e. The molecule has 0 atom stereocenters. The summed E-state index contributed by atoms with van der Waals surface area (Å²) < 4.78 is 39.2. The second-order valence-corrected chi connectivity index (χ2v) is 4.53. The minimum atomic E-state index is -4.81. The van der Waals surface area contributed by atoms with Crippen molar-refractivity contribution < 1.29 is 21.8 Å². The minimum absolute atomic E-state index is 0.0179. The lowest BCUT2D eigenvalue weighted by Gasteiger charge is -1.98. The second-order valence-electron chi connectivity index (χ2n) is 3.22. The summed E-state index contributed by atoms with van der Waals surface area (Å²) >= 11 is 0. The first kappa shape index (κ1) is 14.2. The number of esters is 1. The van der Waals surface area contributed by atoms with Gasteiger partial charge >= 0.3 is 16.2 Å². The van der Waals surface area contributed by atoms with Crippen LogP contribution in [0.5, 0.6) is 0 Å². The van der Waals surface area contributed by atoms with Gasteiger partial charge in [-0.15, -0.1) is 3.89 Å². The van der Waals surface area contributed by atoms with Gasteiger partial charge in [0, 0.05) is 5.56 Å². The van der Waals surface area contributed by atoms with Gasteiger partial charge in [0.15, 0.2) is 0 Å². The summed E-state index contributed by atoms with van der Waals surface area (Å²) in [6.45, 7) is 1.91. The Hall–Kier alpha value is -1.87. The Balaban J connectivity index is 2.93. The van der Waals surface area contributed by atoms with E-state index in [0.29, 0.717) is 0 Å². The molecule has 0 unspecified atom stereocenters. The van der Waals surface area contributed by atoms with E-state index in [-0.39, 0.29) is 18.6 Å². The van der Waals surface area contributed by atoms with E-state index in [1.165, 1.54) is 18.2 Å². The quantitative estimate of drug-likeness (QED) is 0.476. The van der Waals surface area contributed by atoms with Crippen LogP contribution in [0, 0.1) is 11.8 Å². The van der Waals surface area contributed by atoms with Crippen LogP contribution in [0.4, 0.5) is 3.89 Å². The molecule has 0 spiro atoms. The highest BCUT2D eigenvalue weighted by Crippen LogP contribution is 2.16. The van der Waals surface area contributed by atoms with Crippen molar-refractivity contribution >= 4 is 16.2 Å². The van der Waals surface area contributed by atoms with Crippen molar-refractivity contribution in [2.75, 3.05) is 6.61 Å². The van der Waals surface area contributed by atoms with E-state index in [2.05, 4.69) is 16.6 Å². The second kappa shape index (κ2) is 6.17. The number of rotatable bonds is 3. The molecule has 1 aromatic rings. The summed E-state index contributed by atoms with van der Waals surface area (Å²) in [5, 5.41) is 0. The van der Waals surface area contributed by atoms with Crippen molar-refractivity contribution in [3.05, 3.63) is 29.8 Å². The Bertz CT molecular complexity index is 596. The molecular formula is C12H11FO4S. The average molecular weight is 270 g/mol. The van der Waals surface area contributed by atoms with Gasteiger partial charge in [-0.2, -0.15) is 8.42 Å². The summed E-state index contributed by atoms with van der Waals surface area (Å²) in [6.07, 6.45) is -0.172. The zero-order chi connectivity index (χ0) is 13.6. The van der Waals surface area contributed by atoms with Gasteiger partial charge in [0.05, 0.1) is 6.61 Å². The Morgan fingerprint density at radius 1 is 1.39 bits per heavy atom. The molecule has 1 rings (SSSR count). The predicted octanol–water partition coefficient (Wildman–Crippen LogP) is 1.65. The van der Waals surface area contributed by atoms with Gasteiger partial charge in [-0.05, 0) is 19.1 Å². The molecule has 0 aromatic heterocycles. The Morgan fingerprint density at radius 2 is 2.06 bits per heavy atom. The lowest BCUT2D eigenvalue weighted by atomic mass is 10.2. The van der Waals surface area contributed by atoms with Crippen LogP contribution in [0.15, 0.2) is 29.2 Å². The van der Waals surface area contributed by atoms with Gasteiger partial charge < -0.3 is 4.74 Å². The van der Waals surface area contributed by atoms with E-state index in [1.807, 2.05) is 0 Å². The molecule has 96 valence electrons. The van der Waals surface area contributed by atoms with Crippen LogP contribution in [0.1, 0.15) is 18.9 Å². The molecule has 6 heteroatoms. The monoisotopic (exact) mass is 270 g/mol. The Morgan fingerprint density at radius 3 is 2.67 bits per heavy atom. The van der Waals surface area contributed by atoms with Crippen LogP contribution < -0.4 is 0 Å². The van der Waals surface area contributed by atoms with Crippen molar-refractivity contribution in [2.45, 2.75) is 18.2 Å². The molecule has 18 heavy (non-hydrogen) atoms. The summed E-state index contributed by atoms with van der Waals surface area (Å²) in [4.78, 5) is 10.5. The first-order valence-corrected chi connectivity index (χ1v) is 6.51. The van der Waals surface area contributed by atoms with Crippen molar-refractivity contribution in [1.29, 1.82) is 0 Å². The molecule has 0 N–H and O–H groups in total. The van der Waals surface area contributed by atoms with Gasteiger partial charge in [0.1, 0.15) is 11.3 Å². The van der Waals surface area contributed by atoms with Crippen molar-refractivity contribution in [1.82, 2.24) is 0 Å². The number of ether oxygens (including phenoxy) is 1. The average Bonchev–Trinajstić information content (AvgIpc) is 2.28.